The molecule has 0 spiro atoms. The highest BCUT2D eigenvalue weighted by Crippen LogP contribution is 2.31. The Labute approximate surface area is 198 Å². The maximum absolute atomic E-state index is 13.4. The van der Waals surface area contributed by atoms with Crippen LogP contribution in [0.25, 0.3) is 0 Å². The molecule has 2 atom stereocenters. The monoisotopic (exact) mass is 491 g/mol. The van der Waals surface area contributed by atoms with Crippen LogP contribution in [0.1, 0.15) is 37.7 Å². The van der Waals surface area contributed by atoms with Crippen molar-refractivity contribution in [1.82, 2.24) is 9.97 Å². The molecule has 12 heteroatoms. The van der Waals surface area contributed by atoms with E-state index in [0.717, 1.165) is 6.07 Å². The number of piperidine rings is 1. The molecule has 1 aromatic heterocycles. The van der Waals surface area contributed by atoms with Gasteiger partial charge < -0.3 is 20.3 Å². The first-order valence-electron chi connectivity index (χ1n) is 10.9. The van der Waals surface area contributed by atoms with E-state index in [-0.39, 0.29) is 53.0 Å². The number of benzene rings is 1. The highest BCUT2D eigenvalue weighted by molar-refractivity contribution is 6.31. The van der Waals surface area contributed by atoms with E-state index in [1.54, 1.807) is 11.8 Å². The van der Waals surface area contributed by atoms with E-state index >= 15 is 0 Å². The van der Waals surface area contributed by atoms with Gasteiger partial charge in [-0.1, -0.05) is 11.6 Å². The van der Waals surface area contributed by atoms with Crippen LogP contribution in [0.15, 0.2) is 23.0 Å². The molecule has 3 heterocycles. The standard InChI is InChI=1S/C22H23ClFN5O5/c1-2-34-21(33)11-4-3-7-29(10-11)22-27-18-17(20(32)28-22)13(9-16(30)26-18)19(31)25-12-5-6-15(24)14(23)8-12/h5-6,8,11,13H,2-4,7,9-10H2,1H3,(H,25,31)(H2,26,27,28,30,32)/t11-,13-/m0/s1. The maximum atomic E-state index is 13.4. The second-order valence-corrected chi connectivity index (χ2v) is 8.52. The van der Waals surface area contributed by atoms with Gasteiger partial charge in [0, 0.05) is 25.2 Å². The van der Waals surface area contributed by atoms with Gasteiger partial charge in [-0.25, -0.2) is 4.39 Å². The molecule has 0 aliphatic carbocycles. The van der Waals surface area contributed by atoms with Crippen LogP contribution in [0.3, 0.4) is 0 Å². The number of H-pyrrole nitrogens is 1. The minimum atomic E-state index is -1.11. The Balaban J connectivity index is 1.59. The summed E-state index contributed by atoms with van der Waals surface area (Å²) in [6.45, 7) is 2.88. The Morgan fingerprint density at radius 3 is 2.88 bits per heavy atom. The van der Waals surface area contributed by atoms with Crippen molar-refractivity contribution in [2.24, 2.45) is 5.92 Å². The summed E-state index contributed by atoms with van der Waals surface area (Å²) in [6, 6.07) is 3.66. The van der Waals surface area contributed by atoms with E-state index < -0.39 is 29.1 Å². The average Bonchev–Trinajstić information content (AvgIpc) is 2.80. The van der Waals surface area contributed by atoms with Crippen molar-refractivity contribution in [3.63, 3.8) is 0 Å². The zero-order chi connectivity index (χ0) is 24.4. The molecule has 2 aliphatic rings. The van der Waals surface area contributed by atoms with Crippen molar-refractivity contribution in [3.05, 3.63) is 45.0 Å². The largest absolute Gasteiger partial charge is 0.466 e. The number of carbonyl (C=O) groups excluding carboxylic acids is 3. The lowest BCUT2D eigenvalue weighted by Gasteiger charge is -2.32. The van der Waals surface area contributed by atoms with Crippen molar-refractivity contribution < 1.29 is 23.5 Å². The Morgan fingerprint density at radius 2 is 2.15 bits per heavy atom. The van der Waals surface area contributed by atoms with Crippen molar-refractivity contribution in [2.45, 2.75) is 32.1 Å². The highest BCUT2D eigenvalue weighted by Gasteiger charge is 2.36. The van der Waals surface area contributed by atoms with Gasteiger partial charge in [0.25, 0.3) is 5.56 Å². The van der Waals surface area contributed by atoms with Gasteiger partial charge in [0.2, 0.25) is 17.8 Å². The molecule has 10 nitrogen and oxygen atoms in total. The van der Waals surface area contributed by atoms with Crippen molar-refractivity contribution in [3.8, 4) is 0 Å². The number of ether oxygens (including phenoxy) is 1. The number of fused-ring (bicyclic) bond motifs is 1. The molecule has 0 bridgehead atoms. The molecule has 2 aromatic rings. The fraction of sp³-hybridized carbons (Fsp3) is 0.409. The molecular weight excluding hydrogens is 469 g/mol. The van der Waals surface area contributed by atoms with Gasteiger partial charge in [0.15, 0.2) is 0 Å². The predicted octanol–water partition coefficient (Wildman–Crippen LogP) is 2.41. The van der Waals surface area contributed by atoms with E-state index in [2.05, 4.69) is 20.6 Å². The van der Waals surface area contributed by atoms with Gasteiger partial charge in [-0.05, 0) is 38.0 Å². The Hall–Kier alpha value is -3.47. The fourth-order valence-electron chi connectivity index (χ4n) is 4.16. The number of carbonyl (C=O) groups is 3. The van der Waals surface area contributed by atoms with Crippen LogP contribution in [-0.4, -0.2) is 47.4 Å². The molecule has 34 heavy (non-hydrogen) atoms. The molecule has 4 rings (SSSR count). The third-order valence-corrected chi connectivity index (χ3v) is 6.07. The number of anilines is 3. The highest BCUT2D eigenvalue weighted by atomic mass is 35.5. The topological polar surface area (TPSA) is 133 Å². The summed E-state index contributed by atoms with van der Waals surface area (Å²) in [5, 5.41) is 4.95. The summed E-state index contributed by atoms with van der Waals surface area (Å²) in [5.74, 6) is -3.32. The third-order valence-electron chi connectivity index (χ3n) is 5.78. The smallest absolute Gasteiger partial charge is 0.310 e. The number of nitrogens with zero attached hydrogens (tertiary/aromatic N) is 2. The maximum Gasteiger partial charge on any atom is 0.310 e. The van der Waals surface area contributed by atoms with E-state index in [1.807, 2.05) is 0 Å². The number of aromatic nitrogens is 2. The van der Waals surface area contributed by atoms with Gasteiger partial charge in [0.1, 0.15) is 11.6 Å². The number of hydrogen-bond acceptors (Lipinski definition) is 7. The van der Waals surface area contributed by atoms with E-state index in [0.29, 0.717) is 25.9 Å². The number of esters is 1. The molecule has 0 unspecified atom stereocenters. The first-order valence-corrected chi connectivity index (χ1v) is 11.3. The SMILES string of the molecule is CCOC(=O)[C@H]1CCCN(c2nc3c(c(=O)[nH]2)[C@@H](C(=O)Nc2ccc(F)c(Cl)c2)CC(=O)N3)C1. The van der Waals surface area contributed by atoms with Crippen LogP contribution in [0.2, 0.25) is 5.02 Å². The number of amides is 2. The van der Waals surface area contributed by atoms with Gasteiger partial charge in [-0.3, -0.25) is 24.2 Å². The minimum Gasteiger partial charge on any atom is -0.466 e. The first kappa shape index (κ1) is 23.7. The van der Waals surface area contributed by atoms with Gasteiger partial charge in [0.05, 0.1) is 29.0 Å². The summed E-state index contributed by atoms with van der Waals surface area (Å²) < 4.78 is 18.5. The zero-order valence-electron chi connectivity index (χ0n) is 18.3. The number of nitrogens with one attached hydrogen (secondary N) is 3. The Bertz CT molecular complexity index is 1200. The van der Waals surface area contributed by atoms with Crippen LogP contribution < -0.4 is 21.1 Å². The molecule has 2 aliphatic heterocycles. The average molecular weight is 492 g/mol. The lowest BCUT2D eigenvalue weighted by atomic mass is 9.92. The van der Waals surface area contributed by atoms with Crippen LogP contribution in [0.4, 0.5) is 21.8 Å². The van der Waals surface area contributed by atoms with Gasteiger partial charge in [-0.2, -0.15) is 4.98 Å². The second kappa shape index (κ2) is 9.80. The quantitative estimate of drug-likeness (QED) is 0.547. The molecule has 3 N–H and O–H groups in total. The zero-order valence-corrected chi connectivity index (χ0v) is 19.1. The lowest BCUT2D eigenvalue weighted by molar-refractivity contribution is -0.148. The van der Waals surface area contributed by atoms with Crippen LogP contribution in [0, 0.1) is 11.7 Å². The molecule has 0 radical (unpaired) electrons. The fourth-order valence-corrected chi connectivity index (χ4v) is 4.34. The van der Waals surface area contributed by atoms with Gasteiger partial charge >= 0.3 is 5.97 Å². The van der Waals surface area contributed by atoms with Crippen molar-refractivity contribution >= 4 is 46.8 Å². The predicted molar refractivity (Wildman–Crippen MR) is 122 cm³/mol. The molecule has 180 valence electrons. The number of halogens is 2. The van der Waals surface area contributed by atoms with E-state index in [9.17, 15) is 23.6 Å². The molecule has 1 aromatic carbocycles. The third kappa shape index (κ3) is 4.89. The van der Waals surface area contributed by atoms with E-state index in [1.165, 1.54) is 12.1 Å². The van der Waals surface area contributed by atoms with Crippen molar-refractivity contribution in [2.75, 3.05) is 35.2 Å². The summed E-state index contributed by atoms with van der Waals surface area (Å²) >= 11 is 5.76. The molecule has 1 fully saturated rings. The van der Waals surface area contributed by atoms with Gasteiger partial charge in [-0.15, -0.1) is 0 Å². The van der Waals surface area contributed by atoms with E-state index in [4.69, 9.17) is 16.3 Å². The Morgan fingerprint density at radius 1 is 1.35 bits per heavy atom. The molecule has 0 saturated carbocycles. The number of hydrogen-bond donors (Lipinski definition) is 3. The summed E-state index contributed by atoms with van der Waals surface area (Å²) in [6.07, 6.45) is 1.10. The summed E-state index contributed by atoms with van der Waals surface area (Å²) in [7, 11) is 0. The Kier molecular flexibility index (Phi) is 6.82. The normalized spacial score (nSPS) is 19.7. The number of aromatic amines is 1. The minimum absolute atomic E-state index is 0.00875. The lowest BCUT2D eigenvalue weighted by Crippen LogP contribution is -2.42. The molecule has 2 amide bonds. The van der Waals surface area contributed by atoms with Crippen LogP contribution >= 0.6 is 11.6 Å². The first-order chi connectivity index (χ1) is 16.3. The molecular formula is C22H23ClFN5O5. The second-order valence-electron chi connectivity index (χ2n) is 8.11. The molecule has 1 saturated heterocycles. The van der Waals surface area contributed by atoms with Crippen molar-refractivity contribution in [1.29, 1.82) is 0 Å². The number of rotatable bonds is 5. The van der Waals surface area contributed by atoms with Crippen LogP contribution in [0.5, 0.6) is 0 Å². The summed E-state index contributed by atoms with van der Waals surface area (Å²) in [4.78, 5) is 59.2. The summed E-state index contributed by atoms with van der Waals surface area (Å²) in [5.41, 5.74) is -0.327. The van der Waals surface area contributed by atoms with Crippen LogP contribution in [-0.2, 0) is 19.1 Å².